The van der Waals surface area contributed by atoms with Crippen LogP contribution in [0.25, 0.3) is 0 Å². The lowest BCUT2D eigenvalue weighted by molar-refractivity contribution is -0.129. The maximum Gasteiger partial charge on any atom is 0.415 e. The minimum atomic E-state index is -0.404. The van der Waals surface area contributed by atoms with Crippen molar-refractivity contribution in [2.24, 2.45) is 17.3 Å². The average Bonchev–Trinajstić information content (AvgIpc) is 2.97. The molecule has 1 aliphatic rings. The second kappa shape index (κ2) is 9.57. The first-order valence-corrected chi connectivity index (χ1v) is 10.3. The number of hydrogen-bond acceptors (Lipinski definition) is 3. The van der Waals surface area contributed by atoms with Crippen LogP contribution in [0.4, 0.5) is 4.79 Å². The minimum Gasteiger partial charge on any atom is -0.410 e. The molecule has 1 rings (SSSR count). The molecule has 0 aromatic heterocycles. The fourth-order valence-corrected chi connectivity index (χ4v) is 3.60. The topological polar surface area (TPSA) is 46.6 Å². The molecule has 1 amide bonds. The molecule has 0 saturated heterocycles. The third-order valence-corrected chi connectivity index (χ3v) is 4.88. The van der Waals surface area contributed by atoms with Crippen LogP contribution in [-0.2, 0) is 9.53 Å². The Kier molecular flexibility index (Phi) is 8.31. The van der Waals surface area contributed by atoms with Crippen molar-refractivity contribution >= 4 is 11.9 Å². The zero-order chi connectivity index (χ0) is 20.9. The Labute approximate surface area is 166 Å². The Hall–Kier alpha value is -1.58. The first kappa shape index (κ1) is 23.5. The van der Waals surface area contributed by atoms with Gasteiger partial charge in [-0.05, 0) is 64.5 Å². The summed E-state index contributed by atoms with van der Waals surface area (Å²) in [6, 6.07) is 0.0989. The lowest BCUT2D eigenvalue weighted by Gasteiger charge is -2.30. The second-order valence-electron chi connectivity index (χ2n) is 9.51. The van der Waals surface area contributed by atoms with Crippen LogP contribution in [0.2, 0.25) is 0 Å². The summed E-state index contributed by atoms with van der Waals surface area (Å²) >= 11 is 0. The second-order valence-corrected chi connectivity index (χ2v) is 9.51. The molecule has 1 saturated carbocycles. The molecule has 0 spiro atoms. The van der Waals surface area contributed by atoms with E-state index in [1.165, 1.54) is 0 Å². The summed E-state index contributed by atoms with van der Waals surface area (Å²) in [6.07, 6.45) is 6.18. The highest BCUT2D eigenvalue weighted by Gasteiger charge is 2.37. The Morgan fingerprint density at radius 2 is 1.63 bits per heavy atom. The van der Waals surface area contributed by atoms with Crippen molar-refractivity contribution in [3.63, 3.8) is 0 Å². The predicted molar refractivity (Wildman–Crippen MR) is 111 cm³/mol. The standard InChI is InChI=1S/C23H39NO3/c1-15(2)13-14-20(27-22(26)24(16(3)4)17(5)6)18-11-10-12-19(18)21(25)23(7,8)9/h13-17,19H,10-12H2,1-9H3/b14-13+,20-18-. The van der Waals surface area contributed by atoms with Gasteiger partial charge in [0.1, 0.15) is 11.5 Å². The summed E-state index contributed by atoms with van der Waals surface area (Å²) < 4.78 is 5.89. The van der Waals surface area contributed by atoms with Gasteiger partial charge in [0, 0.05) is 23.4 Å². The van der Waals surface area contributed by atoms with E-state index in [4.69, 9.17) is 4.74 Å². The van der Waals surface area contributed by atoms with Crippen LogP contribution in [0.5, 0.6) is 0 Å². The molecule has 0 radical (unpaired) electrons. The summed E-state index contributed by atoms with van der Waals surface area (Å²) in [6.45, 7) is 18.0. The lowest BCUT2D eigenvalue weighted by atomic mass is 9.80. The van der Waals surface area contributed by atoms with Crippen molar-refractivity contribution in [1.82, 2.24) is 4.90 Å². The van der Waals surface area contributed by atoms with E-state index in [1.54, 1.807) is 4.90 Å². The molecule has 4 heteroatoms. The number of amides is 1. The maximum atomic E-state index is 12.9. The van der Waals surface area contributed by atoms with E-state index in [-0.39, 0.29) is 29.9 Å². The molecule has 0 aromatic carbocycles. The van der Waals surface area contributed by atoms with E-state index in [2.05, 4.69) is 13.8 Å². The molecular weight excluding hydrogens is 338 g/mol. The number of ketones is 1. The summed E-state index contributed by atoms with van der Waals surface area (Å²) in [7, 11) is 0. The van der Waals surface area contributed by atoms with E-state index >= 15 is 0 Å². The van der Waals surface area contributed by atoms with Crippen molar-refractivity contribution in [3.05, 3.63) is 23.5 Å². The van der Waals surface area contributed by atoms with Gasteiger partial charge in [0.25, 0.3) is 0 Å². The number of Topliss-reactive ketones (excluding diaryl/α,β-unsaturated/α-hetero) is 1. The van der Waals surface area contributed by atoms with Gasteiger partial charge in [-0.2, -0.15) is 0 Å². The number of ether oxygens (including phenoxy) is 1. The van der Waals surface area contributed by atoms with Gasteiger partial charge in [0.2, 0.25) is 0 Å². The monoisotopic (exact) mass is 377 g/mol. The van der Waals surface area contributed by atoms with Crippen LogP contribution in [0, 0.1) is 17.3 Å². The first-order chi connectivity index (χ1) is 12.4. The van der Waals surface area contributed by atoms with Crippen molar-refractivity contribution in [3.8, 4) is 0 Å². The zero-order valence-corrected chi connectivity index (χ0v) is 18.8. The molecule has 1 unspecified atom stereocenters. The Morgan fingerprint density at radius 3 is 2.07 bits per heavy atom. The molecule has 1 aliphatic carbocycles. The fourth-order valence-electron chi connectivity index (χ4n) is 3.60. The van der Waals surface area contributed by atoms with Gasteiger partial charge in [0.05, 0.1) is 0 Å². The number of allylic oxidation sites excluding steroid dienone is 3. The van der Waals surface area contributed by atoms with Crippen LogP contribution >= 0.6 is 0 Å². The Balaban J connectivity index is 3.29. The highest BCUT2D eigenvalue weighted by molar-refractivity contribution is 5.89. The summed E-state index contributed by atoms with van der Waals surface area (Å²) in [5, 5.41) is 0. The SMILES string of the molecule is CC(C)/C=C/C(OC(=O)N(C(C)C)C(C)C)=C1\CCCC1C(=O)C(C)(C)C. The minimum absolute atomic E-state index is 0.0495. The van der Waals surface area contributed by atoms with Gasteiger partial charge in [-0.25, -0.2) is 4.79 Å². The molecule has 1 fully saturated rings. The number of nitrogens with zero attached hydrogens (tertiary/aromatic N) is 1. The fraction of sp³-hybridized carbons (Fsp3) is 0.739. The van der Waals surface area contributed by atoms with Gasteiger partial charge < -0.3 is 9.64 Å². The lowest BCUT2D eigenvalue weighted by Crippen LogP contribution is -2.42. The summed E-state index contributed by atoms with van der Waals surface area (Å²) in [5.41, 5.74) is 0.576. The zero-order valence-electron chi connectivity index (χ0n) is 18.8. The molecule has 0 aliphatic heterocycles. The Morgan fingerprint density at radius 1 is 1.07 bits per heavy atom. The van der Waals surface area contributed by atoms with Gasteiger partial charge in [-0.15, -0.1) is 0 Å². The summed E-state index contributed by atoms with van der Waals surface area (Å²) in [4.78, 5) is 27.5. The maximum absolute atomic E-state index is 12.9. The van der Waals surface area contributed by atoms with Crippen LogP contribution < -0.4 is 0 Å². The quantitative estimate of drug-likeness (QED) is 0.524. The van der Waals surface area contributed by atoms with Crippen molar-refractivity contribution in [2.45, 2.75) is 93.7 Å². The van der Waals surface area contributed by atoms with Gasteiger partial charge in [-0.1, -0.05) is 40.7 Å². The van der Waals surface area contributed by atoms with E-state index in [1.807, 2.05) is 60.6 Å². The molecule has 154 valence electrons. The van der Waals surface area contributed by atoms with Crippen LogP contribution in [0.3, 0.4) is 0 Å². The molecule has 0 heterocycles. The van der Waals surface area contributed by atoms with Crippen LogP contribution in [-0.4, -0.2) is 28.9 Å². The molecule has 4 nitrogen and oxygen atoms in total. The van der Waals surface area contributed by atoms with Crippen molar-refractivity contribution in [2.75, 3.05) is 0 Å². The van der Waals surface area contributed by atoms with E-state index < -0.39 is 5.41 Å². The third-order valence-electron chi connectivity index (χ3n) is 4.88. The molecule has 0 bridgehead atoms. The van der Waals surface area contributed by atoms with Gasteiger partial charge in [-0.3, -0.25) is 4.79 Å². The number of carbonyl (C=O) groups is 2. The normalized spacial score (nSPS) is 20.1. The highest BCUT2D eigenvalue weighted by atomic mass is 16.6. The molecule has 0 N–H and O–H groups in total. The first-order valence-electron chi connectivity index (χ1n) is 10.3. The van der Waals surface area contributed by atoms with Crippen LogP contribution in [0.1, 0.15) is 81.6 Å². The average molecular weight is 378 g/mol. The van der Waals surface area contributed by atoms with Crippen LogP contribution in [0.15, 0.2) is 23.5 Å². The third kappa shape index (κ3) is 6.51. The van der Waals surface area contributed by atoms with Gasteiger partial charge in [0.15, 0.2) is 0 Å². The van der Waals surface area contributed by atoms with Crippen molar-refractivity contribution < 1.29 is 14.3 Å². The predicted octanol–water partition coefficient (Wildman–Crippen LogP) is 6.12. The molecule has 1 atom stereocenters. The molecular formula is C23H39NO3. The molecule has 27 heavy (non-hydrogen) atoms. The number of carbonyl (C=O) groups excluding carboxylic acids is 2. The van der Waals surface area contributed by atoms with E-state index in [0.29, 0.717) is 11.7 Å². The smallest absolute Gasteiger partial charge is 0.410 e. The number of rotatable bonds is 6. The van der Waals surface area contributed by atoms with E-state index in [0.717, 1.165) is 24.8 Å². The Bertz CT molecular complexity index is 583. The van der Waals surface area contributed by atoms with Crippen molar-refractivity contribution in [1.29, 1.82) is 0 Å². The van der Waals surface area contributed by atoms with Gasteiger partial charge >= 0.3 is 6.09 Å². The van der Waals surface area contributed by atoms with E-state index in [9.17, 15) is 9.59 Å². The number of hydrogen-bond donors (Lipinski definition) is 0. The largest absolute Gasteiger partial charge is 0.415 e. The summed E-state index contributed by atoms with van der Waals surface area (Å²) in [5.74, 6) is 0.978. The molecule has 0 aromatic rings. The highest BCUT2D eigenvalue weighted by Crippen LogP contribution is 2.39.